The molecule has 0 unspecified atom stereocenters. The lowest BCUT2D eigenvalue weighted by Crippen LogP contribution is -2.32. The standard InChI is InChI=1S/C33H35N3O4/c1-5-9-30-35-32(38)31(39-26-16-18-27(19-17-26)40-33(3,4)22-37)29(6-2)36(30)21-23-12-14-24(15-13-23)28-11-8-7-10-25(28)20-34/h7-8,10-19,37H,5-6,9,21-22H2,1-4H3. The summed E-state index contributed by atoms with van der Waals surface area (Å²) in [4.78, 5) is 17.6. The molecule has 206 valence electrons. The molecule has 0 spiro atoms. The van der Waals surface area contributed by atoms with E-state index < -0.39 is 5.60 Å². The summed E-state index contributed by atoms with van der Waals surface area (Å²) < 4.78 is 14.0. The topological polar surface area (TPSA) is 97.4 Å². The number of aromatic nitrogens is 2. The van der Waals surface area contributed by atoms with Gasteiger partial charge in [0.05, 0.1) is 23.9 Å². The highest BCUT2D eigenvalue weighted by molar-refractivity contribution is 5.70. The molecule has 0 amide bonds. The first-order chi connectivity index (χ1) is 19.3. The van der Waals surface area contributed by atoms with Crippen LogP contribution in [0.25, 0.3) is 11.1 Å². The third kappa shape index (κ3) is 6.59. The second-order valence-electron chi connectivity index (χ2n) is 10.2. The molecular formula is C33H35N3O4. The van der Waals surface area contributed by atoms with Gasteiger partial charge in [-0.2, -0.15) is 10.2 Å². The number of rotatable bonds is 11. The van der Waals surface area contributed by atoms with Crippen molar-refractivity contribution in [3.8, 4) is 34.4 Å². The highest BCUT2D eigenvalue weighted by Crippen LogP contribution is 2.28. The van der Waals surface area contributed by atoms with Crippen molar-refractivity contribution < 1.29 is 14.6 Å². The number of aliphatic hydroxyl groups excluding tert-OH is 1. The molecule has 0 aliphatic heterocycles. The van der Waals surface area contributed by atoms with Crippen LogP contribution in [0.5, 0.6) is 17.2 Å². The number of aliphatic hydroxyl groups is 1. The Kier molecular flexibility index (Phi) is 9.03. The Balaban J connectivity index is 1.65. The van der Waals surface area contributed by atoms with Gasteiger partial charge in [0.25, 0.3) is 0 Å². The van der Waals surface area contributed by atoms with Gasteiger partial charge in [-0.1, -0.05) is 56.3 Å². The van der Waals surface area contributed by atoms with Gasteiger partial charge in [0.15, 0.2) is 0 Å². The first-order valence-corrected chi connectivity index (χ1v) is 13.6. The van der Waals surface area contributed by atoms with Crippen LogP contribution >= 0.6 is 0 Å². The second kappa shape index (κ2) is 12.6. The van der Waals surface area contributed by atoms with Gasteiger partial charge in [0, 0.05) is 13.0 Å². The van der Waals surface area contributed by atoms with Crippen molar-refractivity contribution in [3.05, 3.63) is 106 Å². The number of aryl methyl sites for hydroxylation is 1. The zero-order chi connectivity index (χ0) is 28.7. The zero-order valence-electron chi connectivity index (χ0n) is 23.5. The molecule has 0 atom stereocenters. The second-order valence-corrected chi connectivity index (χ2v) is 10.2. The Labute approximate surface area is 235 Å². The predicted octanol–water partition coefficient (Wildman–Crippen LogP) is 6.29. The van der Waals surface area contributed by atoms with Crippen molar-refractivity contribution >= 4 is 0 Å². The van der Waals surface area contributed by atoms with E-state index in [1.807, 2.05) is 55.5 Å². The van der Waals surface area contributed by atoms with E-state index in [9.17, 15) is 15.2 Å². The summed E-state index contributed by atoms with van der Waals surface area (Å²) in [5.74, 6) is 2.03. The first kappa shape index (κ1) is 28.6. The maximum Gasteiger partial charge on any atom is 0.316 e. The van der Waals surface area contributed by atoms with Crippen LogP contribution in [0, 0.1) is 11.3 Å². The Morgan fingerprint density at radius 1 is 0.975 bits per heavy atom. The first-order valence-electron chi connectivity index (χ1n) is 13.6. The van der Waals surface area contributed by atoms with Crippen LogP contribution in [-0.2, 0) is 19.4 Å². The average Bonchev–Trinajstić information content (AvgIpc) is 2.96. The number of hydrogen-bond donors (Lipinski definition) is 1. The minimum Gasteiger partial charge on any atom is -0.485 e. The van der Waals surface area contributed by atoms with Gasteiger partial charge >= 0.3 is 5.56 Å². The van der Waals surface area contributed by atoms with Crippen molar-refractivity contribution in [2.45, 2.75) is 59.1 Å². The normalized spacial score (nSPS) is 11.2. The van der Waals surface area contributed by atoms with Crippen molar-refractivity contribution in [1.29, 1.82) is 5.26 Å². The summed E-state index contributed by atoms with van der Waals surface area (Å²) in [6.07, 6.45) is 2.11. The van der Waals surface area contributed by atoms with Gasteiger partial charge in [-0.25, -0.2) is 0 Å². The summed E-state index contributed by atoms with van der Waals surface area (Å²) in [5.41, 5.74) is 3.25. The minimum atomic E-state index is -0.707. The van der Waals surface area contributed by atoms with Crippen molar-refractivity contribution in [1.82, 2.24) is 9.55 Å². The molecule has 0 aliphatic rings. The van der Waals surface area contributed by atoms with Crippen molar-refractivity contribution in [2.24, 2.45) is 0 Å². The summed E-state index contributed by atoms with van der Waals surface area (Å²) in [6, 6.07) is 24.9. The van der Waals surface area contributed by atoms with E-state index in [1.165, 1.54) is 0 Å². The lowest BCUT2D eigenvalue weighted by Gasteiger charge is -2.24. The van der Waals surface area contributed by atoms with Crippen molar-refractivity contribution in [2.75, 3.05) is 6.61 Å². The summed E-state index contributed by atoms with van der Waals surface area (Å²) in [5, 5.41) is 18.9. The number of benzene rings is 3. The van der Waals surface area contributed by atoms with Crippen LogP contribution in [-0.4, -0.2) is 26.9 Å². The fraction of sp³-hybridized carbons (Fsp3) is 0.303. The van der Waals surface area contributed by atoms with Crippen LogP contribution in [0.3, 0.4) is 0 Å². The molecule has 0 saturated carbocycles. The fourth-order valence-corrected chi connectivity index (χ4v) is 4.53. The number of ether oxygens (including phenoxy) is 2. The Morgan fingerprint density at radius 2 is 1.65 bits per heavy atom. The molecule has 0 bridgehead atoms. The van der Waals surface area contributed by atoms with E-state index >= 15 is 0 Å². The Hall–Kier alpha value is -4.41. The Bertz CT molecular complexity index is 1550. The number of nitrogens with zero attached hydrogens (tertiary/aromatic N) is 3. The van der Waals surface area contributed by atoms with Crippen molar-refractivity contribution in [3.63, 3.8) is 0 Å². The molecule has 1 aromatic heterocycles. The van der Waals surface area contributed by atoms with Crippen LogP contribution in [0.15, 0.2) is 77.6 Å². The van der Waals surface area contributed by atoms with E-state index in [4.69, 9.17) is 9.47 Å². The zero-order valence-corrected chi connectivity index (χ0v) is 23.5. The molecule has 7 nitrogen and oxygen atoms in total. The monoisotopic (exact) mass is 537 g/mol. The lowest BCUT2D eigenvalue weighted by atomic mass is 9.99. The molecule has 7 heteroatoms. The van der Waals surface area contributed by atoms with Gasteiger partial charge in [-0.05, 0) is 73.7 Å². The average molecular weight is 538 g/mol. The van der Waals surface area contributed by atoms with E-state index in [1.54, 1.807) is 38.1 Å². The molecule has 0 fully saturated rings. The molecule has 0 radical (unpaired) electrons. The molecule has 4 rings (SSSR count). The van der Waals surface area contributed by atoms with E-state index in [2.05, 4.69) is 22.5 Å². The van der Waals surface area contributed by atoms with Crippen LogP contribution in [0.4, 0.5) is 0 Å². The maximum absolute atomic E-state index is 13.1. The molecule has 1 heterocycles. The van der Waals surface area contributed by atoms with Gasteiger partial charge in [-0.15, -0.1) is 0 Å². The third-order valence-electron chi connectivity index (χ3n) is 6.60. The molecule has 40 heavy (non-hydrogen) atoms. The molecule has 1 N–H and O–H groups in total. The summed E-state index contributed by atoms with van der Waals surface area (Å²) >= 11 is 0. The maximum atomic E-state index is 13.1. The number of hydrogen-bond acceptors (Lipinski definition) is 6. The Morgan fingerprint density at radius 3 is 2.27 bits per heavy atom. The van der Waals surface area contributed by atoms with Crippen LogP contribution in [0.2, 0.25) is 0 Å². The van der Waals surface area contributed by atoms with E-state index in [0.717, 1.165) is 34.6 Å². The molecule has 0 saturated heterocycles. The third-order valence-corrected chi connectivity index (χ3v) is 6.60. The van der Waals surface area contributed by atoms with E-state index in [0.29, 0.717) is 36.4 Å². The van der Waals surface area contributed by atoms with Gasteiger partial charge < -0.3 is 19.1 Å². The van der Waals surface area contributed by atoms with Crippen LogP contribution < -0.4 is 15.0 Å². The smallest absolute Gasteiger partial charge is 0.316 e. The summed E-state index contributed by atoms with van der Waals surface area (Å²) in [6.45, 7) is 8.09. The summed E-state index contributed by atoms with van der Waals surface area (Å²) in [7, 11) is 0. The molecule has 0 aliphatic carbocycles. The fourth-order valence-electron chi connectivity index (χ4n) is 4.53. The van der Waals surface area contributed by atoms with Gasteiger partial charge in [0.1, 0.15) is 22.9 Å². The van der Waals surface area contributed by atoms with Gasteiger partial charge in [0.2, 0.25) is 5.75 Å². The van der Waals surface area contributed by atoms with Gasteiger partial charge in [-0.3, -0.25) is 4.79 Å². The SMILES string of the molecule is CCCc1nc(=O)c(Oc2ccc(OC(C)(C)CO)cc2)c(CC)n1Cc1ccc(-c2ccccc2C#N)cc1. The highest BCUT2D eigenvalue weighted by atomic mass is 16.5. The van der Waals surface area contributed by atoms with E-state index in [-0.39, 0.29) is 17.9 Å². The van der Waals surface area contributed by atoms with Crippen LogP contribution in [0.1, 0.15) is 56.8 Å². The lowest BCUT2D eigenvalue weighted by molar-refractivity contribution is 0.0412. The molecule has 4 aromatic rings. The predicted molar refractivity (Wildman–Crippen MR) is 156 cm³/mol. The quantitative estimate of drug-likeness (QED) is 0.242. The molecular weight excluding hydrogens is 502 g/mol. The number of nitriles is 1. The largest absolute Gasteiger partial charge is 0.485 e. The minimum absolute atomic E-state index is 0.115. The highest BCUT2D eigenvalue weighted by Gasteiger charge is 2.20. The molecule has 3 aromatic carbocycles.